The second-order valence-electron chi connectivity index (χ2n) is 5.12. The van der Waals surface area contributed by atoms with Gasteiger partial charge in [0.25, 0.3) is 0 Å². The number of furan rings is 1. The van der Waals surface area contributed by atoms with Gasteiger partial charge in [-0.3, -0.25) is 0 Å². The zero-order valence-corrected chi connectivity index (χ0v) is 13.4. The fraction of sp³-hybridized carbons (Fsp3) is 0.375. The summed E-state index contributed by atoms with van der Waals surface area (Å²) >= 11 is 8.06. The monoisotopic (exact) mass is 309 g/mol. The molecule has 2 nitrogen and oxygen atoms in total. The number of rotatable bonds is 7. The molecule has 2 aromatic rings. The molecular weight excluding hydrogens is 290 g/mol. The Morgan fingerprint density at radius 2 is 2.10 bits per heavy atom. The normalized spacial score (nSPS) is 11.2. The molecule has 1 aromatic carbocycles. The Morgan fingerprint density at radius 3 is 2.80 bits per heavy atom. The van der Waals surface area contributed by atoms with Gasteiger partial charge in [-0.2, -0.15) is 0 Å². The summed E-state index contributed by atoms with van der Waals surface area (Å²) in [5, 5.41) is 4.28. The van der Waals surface area contributed by atoms with Crippen LogP contribution in [0.1, 0.15) is 25.2 Å². The molecule has 20 heavy (non-hydrogen) atoms. The van der Waals surface area contributed by atoms with Gasteiger partial charge in [0.15, 0.2) is 0 Å². The Bertz CT molecular complexity index is 525. The van der Waals surface area contributed by atoms with Crippen molar-refractivity contribution in [2.75, 3.05) is 6.54 Å². The maximum atomic E-state index is 6.33. The van der Waals surface area contributed by atoms with Crippen molar-refractivity contribution in [2.45, 2.75) is 31.0 Å². The first-order valence-corrected chi connectivity index (χ1v) is 8.16. The number of benzene rings is 1. The van der Waals surface area contributed by atoms with Gasteiger partial charge in [-0.05, 0) is 36.2 Å². The summed E-state index contributed by atoms with van der Waals surface area (Å²) in [4.78, 5) is 1.14. The van der Waals surface area contributed by atoms with E-state index in [0.29, 0.717) is 5.92 Å². The van der Waals surface area contributed by atoms with Crippen molar-refractivity contribution < 1.29 is 4.42 Å². The van der Waals surface area contributed by atoms with E-state index in [9.17, 15) is 0 Å². The van der Waals surface area contributed by atoms with E-state index in [1.807, 2.05) is 24.3 Å². The highest BCUT2D eigenvalue weighted by atomic mass is 35.5. The summed E-state index contributed by atoms with van der Waals surface area (Å²) in [5.74, 6) is 2.41. The van der Waals surface area contributed by atoms with Gasteiger partial charge in [0.05, 0.1) is 17.0 Å². The summed E-state index contributed by atoms with van der Waals surface area (Å²) < 4.78 is 5.37. The zero-order valence-electron chi connectivity index (χ0n) is 11.9. The molecule has 0 saturated carbocycles. The van der Waals surface area contributed by atoms with E-state index in [2.05, 4.69) is 25.2 Å². The molecule has 0 radical (unpaired) electrons. The van der Waals surface area contributed by atoms with Gasteiger partial charge in [0.1, 0.15) is 5.76 Å². The third-order valence-electron chi connectivity index (χ3n) is 2.86. The molecule has 1 N–H and O–H groups in total. The Hall–Kier alpha value is -0.900. The summed E-state index contributed by atoms with van der Waals surface area (Å²) in [6.45, 7) is 6.27. The fourth-order valence-corrected chi connectivity index (χ4v) is 3.23. The van der Waals surface area contributed by atoms with Crippen LogP contribution in [0.3, 0.4) is 0 Å². The van der Waals surface area contributed by atoms with Crippen molar-refractivity contribution in [3.8, 4) is 0 Å². The zero-order chi connectivity index (χ0) is 14.4. The molecule has 1 aromatic heterocycles. The van der Waals surface area contributed by atoms with E-state index in [4.69, 9.17) is 16.0 Å². The van der Waals surface area contributed by atoms with Gasteiger partial charge >= 0.3 is 0 Å². The number of hydrogen-bond donors (Lipinski definition) is 1. The minimum Gasteiger partial charge on any atom is -0.468 e. The van der Waals surface area contributed by atoms with Gasteiger partial charge in [-0.1, -0.05) is 37.6 Å². The van der Waals surface area contributed by atoms with E-state index in [1.165, 1.54) is 5.56 Å². The van der Waals surface area contributed by atoms with E-state index < -0.39 is 0 Å². The molecule has 0 aliphatic rings. The molecule has 0 unspecified atom stereocenters. The molecule has 0 bridgehead atoms. The Kier molecular flexibility index (Phi) is 6.02. The van der Waals surface area contributed by atoms with Crippen LogP contribution >= 0.6 is 23.4 Å². The standard InChI is InChI=1S/C16H20ClNOS/c1-12(2)9-18-10-13-5-3-7-15(17)16(13)20-11-14-6-4-8-19-14/h3-8,12,18H,9-11H2,1-2H3. The molecule has 0 saturated heterocycles. The van der Waals surface area contributed by atoms with Crippen molar-refractivity contribution in [3.05, 3.63) is 52.9 Å². The topological polar surface area (TPSA) is 25.2 Å². The van der Waals surface area contributed by atoms with Crippen molar-refractivity contribution >= 4 is 23.4 Å². The Labute approximate surface area is 129 Å². The lowest BCUT2D eigenvalue weighted by atomic mass is 10.2. The van der Waals surface area contributed by atoms with E-state index >= 15 is 0 Å². The third kappa shape index (κ3) is 4.58. The lowest BCUT2D eigenvalue weighted by Gasteiger charge is -2.12. The highest BCUT2D eigenvalue weighted by Crippen LogP contribution is 2.33. The molecule has 2 rings (SSSR count). The lowest BCUT2D eigenvalue weighted by Crippen LogP contribution is -2.19. The number of thioether (sulfide) groups is 1. The smallest absolute Gasteiger partial charge is 0.113 e. The van der Waals surface area contributed by atoms with Crippen LogP contribution in [0.4, 0.5) is 0 Å². The molecule has 4 heteroatoms. The van der Waals surface area contributed by atoms with Gasteiger partial charge in [-0.25, -0.2) is 0 Å². The van der Waals surface area contributed by atoms with Crippen LogP contribution in [-0.2, 0) is 12.3 Å². The molecular formula is C16H20ClNOS. The molecule has 0 aliphatic heterocycles. The third-order valence-corrected chi connectivity index (χ3v) is 4.48. The van der Waals surface area contributed by atoms with Gasteiger partial charge in [0.2, 0.25) is 0 Å². The Balaban J connectivity index is 2.01. The molecule has 0 atom stereocenters. The first kappa shape index (κ1) is 15.5. The van der Waals surface area contributed by atoms with Crippen molar-refractivity contribution in [2.24, 2.45) is 5.92 Å². The number of halogens is 1. The number of nitrogens with one attached hydrogen (secondary N) is 1. The van der Waals surface area contributed by atoms with E-state index in [-0.39, 0.29) is 0 Å². The average molecular weight is 310 g/mol. The molecule has 0 amide bonds. The maximum Gasteiger partial charge on any atom is 0.113 e. The van der Waals surface area contributed by atoms with Crippen molar-refractivity contribution in [1.82, 2.24) is 5.32 Å². The van der Waals surface area contributed by atoms with Crippen LogP contribution in [0.5, 0.6) is 0 Å². The van der Waals surface area contributed by atoms with Gasteiger partial charge in [0, 0.05) is 11.4 Å². The SMILES string of the molecule is CC(C)CNCc1cccc(Cl)c1SCc1ccco1. The predicted molar refractivity (Wildman–Crippen MR) is 86.3 cm³/mol. The predicted octanol–water partition coefficient (Wildman–Crippen LogP) is 4.97. The average Bonchev–Trinajstić information content (AvgIpc) is 2.90. The van der Waals surface area contributed by atoms with Crippen LogP contribution in [-0.4, -0.2) is 6.54 Å². The first-order valence-electron chi connectivity index (χ1n) is 6.80. The van der Waals surface area contributed by atoms with Crippen LogP contribution in [0.25, 0.3) is 0 Å². The first-order chi connectivity index (χ1) is 9.66. The van der Waals surface area contributed by atoms with Crippen molar-refractivity contribution in [1.29, 1.82) is 0 Å². The number of hydrogen-bond acceptors (Lipinski definition) is 3. The highest BCUT2D eigenvalue weighted by Gasteiger charge is 2.09. The van der Waals surface area contributed by atoms with Crippen molar-refractivity contribution in [3.63, 3.8) is 0 Å². The minimum absolute atomic E-state index is 0.647. The largest absolute Gasteiger partial charge is 0.468 e. The molecule has 108 valence electrons. The molecule has 0 aliphatic carbocycles. The highest BCUT2D eigenvalue weighted by molar-refractivity contribution is 7.98. The summed E-state index contributed by atoms with van der Waals surface area (Å²) in [6.07, 6.45) is 1.70. The van der Waals surface area contributed by atoms with Crippen LogP contribution in [0, 0.1) is 5.92 Å². The summed E-state index contributed by atoms with van der Waals surface area (Å²) in [5.41, 5.74) is 1.25. The van der Waals surface area contributed by atoms with E-state index in [0.717, 1.165) is 34.5 Å². The molecule has 1 heterocycles. The molecule has 0 spiro atoms. The van der Waals surface area contributed by atoms with Crippen LogP contribution in [0.2, 0.25) is 5.02 Å². The summed E-state index contributed by atoms with van der Waals surface area (Å²) in [7, 11) is 0. The fourth-order valence-electron chi connectivity index (χ4n) is 1.89. The van der Waals surface area contributed by atoms with Crippen LogP contribution < -0.4 is 5.32 Å². The van der Waals surface area contributed by atoms with E-state index in [1.54, 1.807) is 18.0 Å². The Morgan fingerprint density at radius 1 is 1.25 bits per heavy atom. The van der Waals surface area contributed by atoms with Gasteiger partial charge < -0.3 is 9.73 Å². The van der Waals surface area contributed by atoms with Gasteiger partial charge in [-0.15, -0.1) is 11.8 Å². The minimum atomic E-state index is 0.647. The second kappa shape index (κ2) is 7.77. The lowest BCUT2D eigenvalue weighted by molar-refractivity contribution is 0.530. The quantitative estimate of drug-likeness (QED) is 0.731. The second-order valence-corrected chi connectivity index (χ2v) is 6.51. The maximum absolute atomic E-state index is 6.33. The summed E-state index contributed by atoms with van der Waals surface area (Å²) in [6, 6.07) is 9.97. The van der Waals surface area contributed by atoms with Crippen LogP contribution in [0.15, 0.2) is 45.9 Å². The molecule has 0 fully saturated rings.